The Morgan fingerprint density at radius 1 is 1.00 bits per heavy atom. The van der Waals surface area contributed by atoms with E-state index in [0.29, 0.717) is 13.0 Å². The van der Waals surface area contributed by atoms with Crippen LogP contribution < -0.4 is 0 Å². The Morgan fingerprint density at radius 2 is 1.60 bits per heavy atom. The van der Waals surface area contributed by atoms with E-state index in [1.165, 1.54) is 0 Å². The monoisotopic (exact) mass is 141 g/mol. The molecule has 0 rings (SSSR count). The van der Waals surface area contributed by atoms with Crippen molar-refractivity contribution in [2.45, 2.75) is 38.5 Å². The third-order valence-electron chi connectivity index (χ3n) is 1.45. The lowest BCUT2D eigenvalue weighted by atomic mass is 10.1. The Bertz CT molecular complexity index is 95.9. The van der Waals surface area contributed by atoms with Crippen LogP contribution in [0.2, 0.25) is 0 Å². The van der Waals surface area contributed by atoms with Gasteiger partial charge in [0.2, 0.25) is 0 Å². The van der Waals surface area contributed by atoms with E-state index in [0.717, 1.165) is 32.1 Å². The van der Waals surface area contributed by atoms with Crippen LogP contribution in [0.4, 0.5) is 0 Å². The minimum Gasteiger partial charge on any atom is -0.396 e. The Hall–Kier alpha value is -0.550. The number of nitrogens with zero attached hydrogens (tertiary/aromatic N) is 1. The molecule has 0 aliphatic heterocycles. The molecule has 0 fully saturated rings. The van der Waals surface area contributed by atoms with E-state index in [2.05, 4.69) is 6.07 Å². The van der Waals surface area contributed by atoms with Crippen LogP contribution in [0, 0.1) is 11.3 Å². The van der Waals surface area contributed by atoms with Crippen LogP contribution in [-0.2, 0) is 0 Å². The molecule has 2 nitrogen and oxygen atoms in total. The van der Waals surface area contributed by atoms with Crippen LogP contribution in [0.3, 0.4) is 0 Å². The van der Waals surface area contributed by atoms with E-state index in [9.17, 15) is 0 Å². The lowest BCUT2D eigenvalue weighted by Gasteiger charge is -1.95. The van der Waals surface area contributed by atoms with E-state index < -0.39 is 0 Å². The van der Waals surface area contributed by atoms with Crippen LogP contribution in [0.1, 0.15) is 38.5 Å². The highest BCUT2D eigenvalue weighted by Crippen LogP contribution is 2.03. The zero-order valence-corrected chi connectivity index (χ0v) is 6.34. The number of hydrogen-bond acceptors (Lipinski definition) is 2. The second-order valence-electron chi connectivity index (χ2n) is 2.40. The van der Waals surface area contributed by atoms with Crippen LogP contribution in [0.5, 0.6) is 0 Å². The van der Waals surface area contributed by atoms with Crippen molar-refractivity contribution in [2.75, 3.05) is 6.61 Å². The van der Waals surface area contributed by atoms with Crippen molar-refractivity contribution < 1.29 is 5.11 Å². The van der Waals surface area contributed by atoms with Gasteiger partial charge in [-0.2, -0.15) is 5.26 Å². The van der Waals surface area contributed by atoms with Gasteiger partial charge >= 0.3 is 0 Å². The van der Waals surface area contributed by atoms with Crippen molar-refractivity contribution in [1.29, 1.82) is 5.26 Å². The van der Waals surface area contributed by atoms with Crippen LogP contribution in [-0.4, -0.2) is 11.7 Å². The first kappa shape index (κ1) is 9.45. The molecule has 2 heteroatoms. The number of hydrogen-bond donors (Lipinski definition) is 1. The highest BCUT2D eigenvalue weighted by atomic mass is 16.2. The fraction of sp³-hybridized carbons (Fsp3) is 0.875. The molecule has 10 heavy (non-hydrogen) atoms. The van der Waals surface area contributed by atoms with Gasteiger partial charge in [0, 0.05) is 13.0 Å². The minimum atomic E-state index is 0.304. The maximum absolute atomic E-state index is 8.42. The highest BCUT2D eigenvalue weighted by Gasteiger charge is 1.88. The van der Waals surface area contributed by atoms with Gasteiger partial charge in [0.15, 0.2) is 0 Å². The van der Waals surface area contributed by atoms with Crippen LogP contribution >= 0.6 is 0 Å². The minimum absolute atomic E-state index is 0.304. The van der Waals surface area contributed by atoms with Gasteiger partial charge in [0.1, 0.15) is 0 Å². The van der Waals surface area contributed by atoms with E-state index >= 15 is 0 Å². The van der Waals surface area contributed by atoms with E-state index in [4.69, 9.17) is 10.4 Å². The molecule has 0 aromatic carbocycles. The first-order valence-corrected chi connectivity index (χ1v) is 3.89. The number of unbranched alkanes of at least 4 members (excludes halogenated alkanes) is 5. The molecule has 0 aliphatic rings. The molecule has 0 atom stereocenters. The second kappa shape index (κ2) is 8.45. The van der Waals surface area contributed by atoms with Gasteiger partial charge in [-0.25, -0.2) is 0 Å². The summed E-state index contributed by atoms with van der Waals surface area (Å²) in [7, 11) is 0. The van der Waals surface area contributed by atoms with E-state index in [1.54, 1.807) is 0 Å². The van der Waals surface area contributed by atoms with Crippen LogP contribution in [0.15, 0.2) is 0 Å². The van der Waals surface area contributed by atoms with Crippen molar-refractivity contribution in [1.82, 2.24) is 0 Å². The molecule has 0 radical (unpaired) electrons. The van der Waals surface area contributed by atoms with Gasteiger partial charge in [-0.05, 0) is 12.8 Å². The maximum atomic E-state index is 8.42. The molecule has 0 spiro atoms. The number of aliphatic hydroxyl groups excluding tert-OH is 1. The summed E-state index contributed by atoms with van der Waals surface area (Å²) in [4.78, 5) is 0. The summed E-state index contributed by atoms with van der Waals surface area (Å²) in [6, 6.07) is 2.11. The summed E-state index contributed by atoms with van der Waals surface area (Å²) < 4.78 is 0. The van der Waals surface area contributed by atoms with Crippen molar-refractivity contribution in [3.63, 3.8) is 0 Å². The molecular formula is C8H15NO. The molecule has 0 aliphatic carbocycles. The number of nitriles is 1. The zero-order chi connectivity index (χ0) is 7.66. The second-order valence-corrected chi connectivity index (χ2v) is 2.40. The summed E-state index contributed by atoms with van der Waals surface area (Å²) >= 11 is 0. The third kappa shape index (κ3) is 7.45. The molecule has 0 heterocycles. The molecule has 0 bridgehead atoms. The first-order chi connectivity index (χ1) is 4.91. The topological polar surface area (TPSA) is 44.0 Å². The standard InChI is InChI=1S/C8H15NO/c9-7-5-3-1-2-4-6-8-10/h10H,1-6,8H2. The Labute approximate surface area is 62.5 Å². The molecule has 1 N–H and O–H groups in total. The van der Waals surface area contributed by atoms with Gasteiger partial charge in [-0.1, -0.05) is 19.3 Å². The predicted octanol–water partition coefficient (Wildman–Crippen LogP) is 1.84. The van der Waals surface area contributed by atoms with Crippen LogP contribution in [0.25, 0.3) is 0 Å². The largest absolute Gasteiger partial charge is 0.396 e. The summed E-state index contributed by atoms with van der Waals surface area (Å²) in [6.45, 7) is 0.304. The number of aliphatic hydroxyl groups is 1. The molecule has 58 valence electrons. The Balaban J connectivity index is 2.72. The molecule has 0 aromatic heterocycles. The first-order valence-electron chi connectivity index (χ1n) is 3.89. The van der Waals surface area contributed by atoms with Crippen molar-refractivity contribution in [3.8, 4) is 6.07 Å². The molecular weight excluding hydrogens is 126 g/mol. The zero-order valence-electron chi connectivity index (χ0n) is 6.34. The van der Waals surface area contributed by atoms with Gasteiger partial charge < -0.3 is 5.11 Å². The molecule has 0 amide bonds. The summed E-state index contributed by atoms with van der Waals surface area (Å²) in [6.07, 6.45) is 5.99. The Kier molecular flexibility index (Phi) is 7.99. The average Bonchev–Trinajstić information content (AvgIpc) is 1.97. The summed E-state index contributed by atoms with van der Waals surface area (Å²) in [5.74, 6) is 0. The van der Waals surface area contributed by atoms with E-state index in [-0.39, 0.29) is 0 Å². The molecule has 0 unspecified atom stereocenters. The summed E-state index contributed by atoms with van der Waals surface area (Å²) in [5.41, 5.74) is 0. The summed E-state index contributed by atoms with van der Waals surface area (Å²) in [5, 5.41) is 16.6. The van der Waals surface area contributed by atoms with Gasteiger partial charge in [-0.3, -0.25) is 0 Å². The molecule has 0 aromatic rings. The SMILES string of the molecule is N#CCCCCCCCO. The van der Waals surface area contributed by atoms with Gasteiger partial charge in [0.25, 0.3) is 0 Å². The van der Waals surface area contributed by atoms with Crippen molar-refractivity contribution in [2.24, 2.45) is 0 Å². The fourth-order valence-electron chi connectivity index (χ4n) is 0.846. The molecule has 0 saturated carbocycles. The number of rotatable bonds is 6. The quantitative estimate of drug-likeness (QED) is 0.573. The van der Waals surface area contributed by atoms with E-state index in [1.807, 2.05) is 0 Å². The predicted molar refractivity (Wildman–Crippen MR) is 40.4 cm³/mol. The van der Waals surface area contributed by atoms with Gasteiger partial charge in [-0.15, -0.1) is 0 Å². The highest BCUT2D eigenvalue weighted by molar-refractivity contribution is 4.67. The lowest BCUT2D eigenvalue weighted by molar-refractivity contribution is 0.282. The van der Waals surface area contributed by atoms with Gasteiger partial charge in [0.05, 0.1) is 6.07 Å². The third-order valence-corrected chi connectivity index (χ3v) is 1.45. The Morgan fingerprint density at radius 3 is 2.20 bits per heavy atom. The maximum Gasteiger partial charge on any atom is 0.0621 e. The average molecular weight is 141 g/mol. The smallest absolute Gasteiger partial charge is 0.0621 e. The van der Waals surface area contributed by atoms with Crippen molar-refractivity contribution >= 4 is 0 Å². The normalized spacial score (nSPS) is 9.20. The fourth-order valence-corrected chi connectivity index (χ4v) is 0.846. The molecule has 0 saturated heterocycles. The van der Waals surface area contributed by atoms with Crippen molar-refractivity contribution in [3.05, 3.63) is 0 Å². The lowest BCUT2D eigenvalue weighted by Crippen LogP contribution is -1.82.